The highest BCUT2D eigenvalue weighted by atomic mass is 32.2. The molecule has 0 spiro atoms. The van der Waals surface area contributed by atoms with Crippen LogP contribution >= 0.6 is 23.3 Å². The molecule has 120 valence electrons. The van der Waals surface area contributed by atoms with Crippen LogP contribution in [0.1, 0.15) is 26.3 Å². The van der Waals surface area contributed by atoms with Crippen molar-refractivity contribution in [2.75, 3.05) is 10.6 Å². The zero-order chi connectivity index (χ0) is 16.9. The summed E-state index contributed by atoms with van der Waals surface area (Å²) in [5.74, 6) is 3.10. The van der Waals surface area contributed by atoms with Crippen molar-refractivity contribution in [2.45, 2.75) is 32.9 Å². The zero-order valence-electron chi connectivity index (χ0n) is 13.4. The lowest BCUT2D eigenvalue weighted by Crippen LogP contribution is -2.19. The van der Waals surface area contributed by atoms with Crippen molar-refractivity contribution in [1.29, 1.82) is 0 Å². The second-order valence-corrected chi connectivity index (χ2v) is 7.43. The summed E-state index contributed by atoms with van der Waals surface area (Å²) >= 11 is 2.38. The smallest absolute Gasteiger partial charge is 0.308 e. The molecule has 0 aliphatic carbocycles. The fraction of sp³-hybridized carbons (Fsp3) is 0.312. The van der Waals surface area contributed by atoms with Crippen LogP contribution in [0, 0.1) is 23.5 Å². The van der Waals surface area contributed by atoms with Gasteiger partial charge in [0.1, 0.15) is 0 Å². The van der Waals surface area contributed by atoms with E-state index in [4.69, 9.17) is 0 Å². The Bertz CT molecular complexity index is 736. The minimum atomic E-state index is -0.345. The van der Waals surface area contributed by atoms with E-state index in [0.717, 1.165) is 22.8 Å². The molecule has 0 bridgehead atoms. The second-order valence-electron chi connectivity index (χ2n) is 5.91. The van der Waals surface area contributed by atoms with Crippen molar-refractivity contribution < 1.29 is 4.79 Å². The maximum atomic E-state index is 11.9. The number of amides is 2. The summed E-state index contributed by atoms with van der Waals surface area (Å²) in [6.45, 7) is 8.11. The standard InChI is InChI=1S/C16H18N4OS2/c1-11-5-7-12(8-6-11)17-13(21)18-14-19-15(20-23-14)22-10-9-16(2,3)4/h5-8H,1-4H3,(H2,17,18,19,20,21). The van der Waals surface area contributed by atoms with Gasteiger partial charge in [0.25, 0.3) is 0 Å². The summed E-state index contributed by atoms with van der Waals surface area (Å²) in [6, 6.07) is 7.21. The van der Waals surface area contributed by atoms with E-state index in [-0.39, 0.29) is 11.4 Å². The molecule has 7 heteroatoms. The Morgan fingerprint density at radius 1 is 1.22 bits per heavy atom. The third kappa shape index (κ3) is 6.30. The number of benzene rings is 1. The Kier molecular flexibility index (Phi) is 5.64. The lowest BCUT2D eigenvalue weighted by molar-refractivity contribution is 0.262. The number of anilines is 2. The summed E-state index contributed by atoms with van der Waals surface area (Å²) in [6.07, 6.45) is 0. The molecule has 0 saturated heterocycles. The van der Waals surface area contributed by atoms with Crippen molar-refractivity contribution in [3.8, 4) is 11.2 Å². The summed E-state index contributed by atoms with van der Waals surface area (Å²) in [4.78, 5) is 16.1. The van der Waals surface area contributed by atoms with Gasteiger partial charge < -0.3 is 5.32 Å². The molecule has 0 aliphatic rings. The van der Waals surface area contributed by atoms with Crippen molar-refractivity contribution in [1.82, 2.24) is 9.36 Å². The van der Waals surface area contributed by atoms with Crippen molar-refractivity contribution >= 4 is 40.1 Å². The SMILES string of the molecule is Cc1ccc(NC(=O)Nc2nc(SC#CC(C)(C)C)ns2)cc1. The highest BCUT2D eigenvalue weighted by Gasteiger charge is 2.09. The number of carbonyl (C=O) groups is 1. The number of thioether (sulfide) groups is 1. The van der Waals surface area contributed by atoms with E-state index >= 15 is 0 Å². The van der Waals surface area contributed by atoms with Crippen molar-refractivity contribution in [3.63, 3.8) is 0 Å². The molecule has 2 N–H and O–H groups in total. The summed E-state index contributed by atoms with van der Waals surface area (Å²) in [7, 11) is 0. The number of hydrogen-bond acceptors (Lipinski definition) is 5. The van der Waals surface area contributed by atoms with Crippen LogP contribution in [-0.4, -0.2) is 15.4 Å². The first-order chi connectivity index (χ1) is 10.8. The van der Waals surface area contributed by atoms with E-state index in [1.54, 1.807) is 0 Å². The number of aromatic nitrogens is 2. The highest BCUT2D eigenvalue weighted by molar-refractivity contribution is 8.03. The van der Waals surface area contributed by atoms with E-state index in [1.807, 2.05) is 52.0 Å². The van der Waals surface area contributed by atoms with Gasteiger partial charge in [-0.15, -0.1) is 0 Å². The molecule has 0 aliphatic heterocycles. The quantitative estimate of drug-likeness (QED) is 0.630. The molecule has 0 atom stereocenters. The summed E-state index contributed by atoms with van der Waals surface area (Å²) < 4.78 is 4.16. The van der Waals surface area contributed by atoms with Crippen LogP contribution in [0.15, 0.2) is 29.4 Å². The van der Waals surface area contributed by atoms with Crippen molar-refractivity contribution in [2.24, 2.45) is 5.41 Å². The van der Waals surface area contributed by atoms with Gasteiger partial charge in [-0.05, 0) is 45.1 Å². The normalized spacial score (nSPS) is 10.6. The third-order valence-corrected chi connectivity index (χ3v) is 3.82. The van der Waals surface area contributed by atoms with Gasteiger partial charge in [-0.2, -0.15) is 9.36 Å². The van der Waals surface area contributed by atoms with Crippen molar-refractivity contribution in [3.05, 3.63) is 29.8 Å². The molecule has 23 heavy (non-hydrogen) atoms. The van der Waals surface area contributed by atoms with Crippen LogP contribution in [0.5, 0.6) is 0 Å². The zero-order valence-corrected chi connectivity index (χ0v) is 15.1. The largest absolute Gasteiger partial charge is 0.325 e. The Morgan fingerprint density at radius 3 is 2.57 bits per heavy atom. The molecular formula is C16H18N4OS2. The van der Waals surface area contributed by atoms with Gasteiger partial charge in [0, 0.05) is 34.4 Å². The van der Waals surface area contributed by atoms with Crippen LogP contribution in [0.2, 0.25) is 0 Å². The van der Waals surface area contributed by atoms with Gasteiger partial charge in [0.2, 0.25) is 10.3 Å². The lowest BCUT2D eigenvalue weighted by Gasteiger charge is -2.05. The Hall–Kier alpha value is -2.04. The van der Waals surface area contributed by atoms with E-state index in [0.29, 0.717) is 10.3 Å². The third-order valence-electron chi connectivity index (χ3n) is 2.51. The Morgan fingerprint density at radius 2 is 1.91 bits per heavy atom. The number of nitrogens with one attached hydrogen (secondary N) is 2. The van der Waals surface area contributed by atoms with Crippen LogP contribution in [-0.2, 0) is 0 Å². The number of nitrogens with zero attached hydrogens (tertiary/aromatic N) is 2. The van der Waals surface area contributed by atoms with Crippen LogP contribution < -0.4 is 10.6 Å². The molecule has 2 amide bonds. The Labute approximate surface area is 144 Å². The van der Waals surface area contributed by atoms with E-state index < -0.39 is 0 Å². The number of hydrogen-bond donors (Lipinski definition) is 2. The maximum absolute atomic E-state index is 11.9. The number of carbonyl (C=O) groups excluding carboxylic acids is 1. The van der Waals surface area contributed by atoms with Gasteiger partial charge in [-0.25, -0.2) is 4.79 Å². The first-order valence-corrected chi connectivity index (χ1v) is 8.58. The highest BCUT2D eigenvalue weighted by Crippen LogP contribution is 2.20. The van der Waals surface area contributed by atoms with Crippen LogP contribution in [0.25, 0.3) is 0 Å². The van der Waals surface area contributed by atoms with Crippen LogP contribution in [0.4, 0.5) is 15.6 Å². The predicted molar refractivity (Wildman–Crippen MR) is 96.8 cm³/mol. The van der Waals surface area contributed by atoms with Gasteiger partial charge in [0.15, 0.2) is 0 Å². The van der Waals surface area contributed by atoms with E-state index in [1.165, 1.54) is 11.8 Å². The number of urea groups is 1. The summed E-state index contributed by atoms with van der Waals surface area (Å²) in [5, 5.41) is 9.36. The monoisotopic (exact) mass is 346 g/mol. The molecule has 0 fully saturated rings. The van der Waals surface area contributed by atoms with Gasteiger partial charge in [-0.1, -0.05) is 23.6 Å². The molecule has 5 nitrogen and oxygen atoms in total. The molecule has 2 aromatic rings. The topological polar surface area (TPSA) is 66.9 Å². The molecule has 1 aromatic heterocycles. The first kappa shape index (κ1) is 17.3. The van der Waals surface area contributed by atoms with E-state index in [9.17, 15) is 4.79 Å². The molecule has 0 radical (unpaired) electrons. The average Bonchev–Trinajstić information content (AvgIpc) is 2.87. The van der Waals surface area contributed by atoms with Gasteiger partial charge >= 0.3 is 6.03 Å². The average molecular weight is 346 g/mol. The number of rotatable bonds is 3. The fourth-order valence-electron chi connectivity index (χ4n) is 1.42. The predicted octanol–water partition coefficient (Wildman–Crippen LogP) is 4.59. The first-order valence-electron chi connectivity index (χ1n) is 6.99. The minimum absolute atomic E-state index is 0.0575. The molecule has 1 aromatic carbocycles. The minimum Gasteiger partial charge on any atom is -0.308 e. The lowest BCUT2D eigenvalue weighted by atomic mass is 9.99. The molecule has 1 heterocycles. The van der Waals surface area contributed by atoms with E-state index in [2.05, 4.69) is 31.2 Å². The second kappa shape index (κ2) is 7.49. The molecule has 2 rings (SSSR count). The Balaban J connectivity index is 1.89. The molecule has 0 saturated carbocycles. The summed E-state index contributed by atoms with van der Waals surface area (Å²) in [5.41, 5.74) is 1.80. The van der Waals surface area contributed by atoms with Gasteiger partial charge in [0.05, 0.1) is 0 Å². The maximum Gasteiger partial charge on any atom is 0.325 e. The fourth-order valence-corrected chi connectivity index (χ4v) is 2.80. The number of aryl methyl sites for hydroxylation is 1. The van der Waals surface area contributed by atoms with Crippen LogP contribution in [0.3, 0.4) is 0 Å². The van der Waals surface area contributed by atoms with Gasteiger partial charge in [-0.3, -0.25) is 5.32 Å². The molecule has 0 unspecified atom stereocenters. The molecular weight excluding hydrogens is 328 g/mol.